The fourth-order valence-electron chi connectivity index (χ4n) is 4.42. The Morgan fingerprint density at radius 3 is 2.68 bits per heavy atom. The van der Waals surface area contributed by atoms with Crippen molar-refractivity contribution in [2.75, 3.05) is 6.61 Å². The molecule has 5 aromatic rings. The van der Waals surface area contributed by atoms with Gasteiger partial charge in [-0.05, 0) is 49.6 Å². The molecule has 0 saturated carbocycles. The lowest BCUT2D eigenvalue weighted by molar-refractivity contribution is 0.0960. The van der Waals surface area contributed by atoms with Crippen molar-refractivity contribution in [3.05, 3.63) is 70.8 Å². The van der Waals surface area contributed by atoms with Crippen molar-refractivity contribution in [1.82, 2.24) is 24.1 Å². The average molecular weight is 411 g/mol. The first kappa shape index (κ1) is 18.2. The second kappa shape index (κ2) is 6.99. The van der Waals surface area contributed by atoms with Gasteiger partial charge >= 0.3 is 0 Å². The third-order valence-electron chi connectivity index (χ3n) is 5.91. The predicted molar refractivity (Wildman–Crippen MR) is 120 cm³/mol. The molecule has 0 aliphatic carbocycles. The summed E-state index contributed by atoms with van der Waals surface area (Å²) in [5, 5.41) is 0.496. The molecule has 7 heteroatoms. The molecule has 0 bridgehead atoms. The Kier molecular flexibility index (Phi) is 4.11. The molecule has 6 rings (SSSR count). The normalized spacial score (nSPS) is 16.6. The second-order valence-corrected chi connectivity index (χ2v) is 8.09. The lowest BCUT2D eigenvalue weighted by Gasteiger charge is -2.11. The van der Waals surface area contributed by atoms with E-state index in [9.17, 15) is 4.79 Å². The summed E-state index contributed by atoms with van der Waals surface area (Å²) in [6.45, 7) is 3.29. The van der Waals surface area contributed by atoms with Gasteiger partial charge in [0.1, 0.15) is 17.2 Å². The summed E-state index contributed by atoms with van der Waals surface area (Å²) in [6, 6.07) is 15.8. The maximum absolute atomic E-state index is 13.6. The number of nitrogens with zero attached hydrogens (tertiary/aromatic N) is 5. The van der Waals surface area contributed by atoms with Crippen molar-refractivity contribution >= 4 is 33.2 Å². The number of hydrogen-bond donors (Lipinski definition) is 0. The molecule has 3 aromatic heterocycles. The van der Waals surface area contributed by atoms with Crippen molar-refractivity contribution in [3.63, 3.8) is 0 Å². The first-order valence-corrected chi connectivity index (χ1v) is 10.5. The summed E-state index contributed by atoms with van der Waals surface area (Å²) >= 11 is 0. The Bertz CT molecular complexity index is 1510. The van der Waals surface area contributed by atoms with Gasteiger partial charge < -0.3 is 4.74 Å². The van der Waals surface area contributed by atoms with Crippen LogP contribution < -0.4 is 5.56 Å². The molecule has 1 aliphatic rings. The summed E-state index contributed by atoms with van der Waals surface area (Å²) in [7, 11) is 0. The molecular weight excluding hydrogens is 390 g/mol. The highest BCUT2D eigenvalue weighted by molar-refractivity contribution is 6.05. The maximum Gasteiger partial charge on any atom is 0.265 e. The van der Waals surface area contributed by atoms with Crippen LogP contribution in [0.3, 0.4) is 0 Å². The quantitative estimate of drug-likeness (QED) is 0.452. The van der Waals surface area contributed by atoms with Crippen molar-refractivity contribution in [2.45, 2.75) is 32.4 Å². The van der Waals surface area contributed by atoms with Gasteiger partial charge in [-0.25, -0.2) is 15.0 Å². The van der Waals surface area contributed by atoms with Gasteiger partial charge in [-0.1, -0.05) is 24.3 Å². The highest BCUT2D eigenvalue weighted by atomic mass is 16.5. The van der Waals surface area contributed by atoms with Crippen LogP contribution in [0.5, 0.6) is 0 Å². The molecule has 0 spiro atoms. The van der Waals surface area contributed by atoms with E-state index in [1.807, 2.05) is 54.0 Å². The van der Waals surface area contributed by atoms with Crippen LogP contribution in [0.15, 0.2) is 59.7 Å². The van der Waals surface area contributed by atoms with Gasteiger partial charge in [0, 0.05) is 12.3 Å². The minimum atomic E-state index is -0.110. The summed E-state index contributed by atoms with van der Waals surface area (Å²) < 4.78 is 9.32. The standard InChI is InChI=1S/C24H21N5O2/c1-15-6-4-7-16(12-15)29-22-20(21-23(29)27-19-10-3-2-9-18(19)26-21)24(30)28(14-25-22)13-17-8-5-11-31-17/h2-4,6-7,9-10,12,14,17H,5,8,11,13H2,1H3/t17-/m1/s1. The molecule has 154 valence electrons. The fourth-order valence-corrected chi connectivity index (χ4v) is 4.42. The van der Waals surface area contributed by atoms with E-state index in [1.54, 1.807) is 10.9 Å². The SMILES string of the molecule is Cc1cccc(-n2c3nc4ccccc4nc3c3c(=O)n(C[C@H]4CCCO4)cnc32)c1. The molecule has 4 heterocycles. The predicted octanol–water partition coefficient (Wildman–Crippen LogP) is 3.77. The maximum atomic E-state index is 13.6. The molecule has 0 N–H and O–H groups in total. The Morgan fingerprint density at radius 1 is 1.06 bits per heavy atom. The molecule has 1 aliphatic heterocycles. The van der Waals surface area contributed by atoms with Crippen molar-refractivity contribution in [3.8, 4) is 5.69 Å². The largest absolute Gasteiger partial charge is 0.376 e. The zero-order valence-corrected chi connectivity index (χ0v) is 17.2. The number of fused-ring (bicyclic) bond motifs is 4. The molecule has 1 atom stereocenters. The monoisotopic (exact) mass is 411 g/mol. The Labute approximate surface area is 178 Å². The minimum Gasteiger partial charge on any atom is -0.376 e. The first-order chi connectivity index (χ1) is 15.2. The van der Waals surface area contributed by atoms with Crippen LogP contribution in [0.25, 0.3) is 38.9 Å². The minimum absolute atomic E-state index is 0.0500. The zero-order valence-electron chi connectivity index (χ0n) is 17.2. The number of aromatic nitrogens is 5. The van der Waals surface area contributed by atoms with Crippen molar-refractivity contribution in [2.24, 2.45) is 0 Å². The van der Waals surface area contributed by atoms with Crippen LogP contribution in [0.1, 0.15) is 18.4 Å². The van der Waals surface area contributed by atoms with Crippen molar-refractivity contribution < 1.29 is 4.74 Å². The van der Waals surface area contributed by atoms with E-state index in [-0.39, 0.29) is 11.7 Å². The number of aryl methyl sites for hydroxylation is 1. The highest BCUT2D eigenvalue weighted by Gasteiger charge is 2.23. The Hall–Kier alpha value is -3.58. The van der Waals surface area contributed by atoms with E-state index in [0.717, 1.165) is 41.7 Å². The molecule has 0 radical (unpaired) electrons. The number of benzene rings is 2. The number of hydrogen-bond acceptors (Lipinski definition) is 5. The molecule has 31 heavy (non-hydrogen) atoms. The molecule has 7 nitrogen and oxygen atoms in total. The van der Waals surface area contributed by atoms with E-state index in [4.69, 9.17) is 19.7 Å². The van der Waals surface area contributed by atoms with Gasteiger partial charge in [-0.3, -0.25) is 13.9 Å². The lowest BCUT2D eigenvalue weighted by Crippen LogP contribution is -2.26. The van der Waals surface area contributed by atoms with Gasteiger partial charge in [0.25, 0.3) is 5.56 Å². The van der Waals surface area contributed by atoms with Gasteiger partial charge in [0.2, 0.25) is 0 Å². The third-order valence-corrected chi connectivity index (χ3v) is 5.91. The average Bonchev–Trinajstić information content (AvgIpc) is 3.40. The van der Waals surface area contributed by atoms with E-state index in [2.05, 4.69) is 6.07 Å². The summed E-state index contributed by atoms with van der Waals surface area (Å²) in [6.07, 6.45) is 3.66. The molecule has 0 amide bonds. The molecule has 1 fully saturated rings. The van der Waals surface area contributed by atoms with Gasteiger partial charge in [-0.2, -0.15) is 0 Å². The highest BCUT2D eigenvalue weighted by Crippen LogP contribution is 2.28. The van der Waals surface area contributed by atoms with Crippen LogP contribution in [-0.4, -0.2) is 36.8 Å². The lowest BCUT2D eigenvalue weighted by atomic mass is 10.2. The van der Waals surface area contributed by atoms with Crippen LogP contribution in [0.2, 0.25) is 0 Å². The zero-order chi connectivity index (χ0) is 20.9. The summed E-state index contributed by atoms with van der Waals surface area (Å²) in [5.41, 5.74) is 5.25. The van der Waals surface area contributed by atoms with Crippen molar-refractivity contribution in [1.29, 1.82) is 0 Å². The summed E-state index contributed by atoms with van der Waals surface area (Å²) in [4.78, 5) is 28.0. The van der Waals surface area contributed by atoms with Gasteiger partial charge in [0.15, 0.2) is 11.3 Å². The first-order valence-electron chi connectivity index (χ1n) is 10.5. The fraction of sp³-hybridized carbons (Fsp3) is 0.250. The summed E-state index contributed by atoms with van der Waals surface area (Å²) in [5.74, 6) is 0. The van der Waals surface area contributed by atoms with E-state index >= 15 is 0 Å². The van der Waals surface area contributed by atoms with Gasteiger partial charge in [0.05, 0.1) is 23.7 Å². The number of ether oxygens (including phenoxy) is 1. The van der Waals surface area contributed by atoms with E-state index < -0.39 is 0 Å². The van der Waals surface area contributed by atoms with Gasteiger partial charge in [-0.15, -0.1) is 0 Å². The van der Waals surface area contributed by atoms with Crippen LogP contribution >= 0.6 is 0 Å². The molecule has 1 saturated heterocycles. The van der Waals surface area contributed by atoms with Crippen LogP contribution in [0.4, 0.5) is 0 Å². The van der Waals surface area contributed by atoms with E-state index in [1.165, 1.54) is 0 Å². The Morgan fingerprint density at radius 2 is 1.90 bits per heavy atom. The van der Waals surface area contributed by atoms with E-state index in [0.29, 0.717) is 28.7 Å². The Balaban J connectivity index is 1.69. The second-order valence-electron chi connectivity index (χ2n) is 8.09. The number of rotatable bonds is 3. The topological polar surface area (TPSA) is 74.8 Å². The smallest absolute Gasteiger partial charge is 0.265 e. The third kappa shape index (κ3) is 2.92. The molecular formula is C24H21N5O2. The number of para-hydroxylation sites is 2. The van der Waals surface area contributed by atoms with Crippen LogP contribution in [-0.2, 0) is 11.3 Å². The molecule has 2 aromatic carbocycles. The van der Waals surface area contributed by atoms with Crippen LogP contribution in [0, 0.1) is 6.92 Å². The molecule has 0 unspecified atom stereocenters.